The van der Waals surface area contributed by atoms with Crippen LogP contribution in [-0.4, -0.2) is 18.3 Å². The van der Waals surface area contributed by atoms with Crippen molar-refractivity contribution in [3.63, 3.8) is 0 Å². The topological polar surface area (TPSA) is 33.3 Å². The Morgan fingerprint density at radius 2 is 1.88 bits per heavy atom. The van der Waals surface area contributed by atoms with Crippen LogP contribution in [0.25, 0.3) is 0 Å². The van der Waals surface area contributed by atoms with Crippen LogP contribution in [0.4, 0.5) is 5.69 Å². The first-order valence-corrected chi connectivity index (χ1v) is 6.40. The third kappa shape index (κ3) is 3.60. The summed E-state index contributed by atoms with van der Waals surface area (Å²) in [4.78, 5) is 0. The predicted octanol–water partition coefficient (Wildman–Crippen LogP) is 2.92. The summed E-state index contributed by atoms with van der Waals surface area (Å²) in [5.41, 5.74) is 0.987. The van der Waals surface area contributed by atoms with Gasteiger partial charge < -0.3 is 15.4 Å². The maximum Gasteiger partial charge on any atom is 0.170 e. The molecule has 4 heteroatoms. The summed E-state index contributed by atoms with van der Waals surface area (Å²) in [6, 6.07) is 8.30. The first-order valence-electron chi connectivity index (χ1n) is 5.99. The second-order valence-corrected chi connectivity index (χ2v) is 4.72. The van der Waals surface area contributed by atoms with Gasteiger partial charge in [0.1, 0.15) is 5.75 Å². The van der Waals surface area contributed by atoms with Crippen LogP contribution in [0, 0.1) is 0 Å². The van der Waals surface area contributed by atoms with E-state index in [2.05, 4.69) is 10.6 Å². The minimum absolute atomic E-state index is 0.549. The van der Waals surface area contributed by atoms with Crippen molar-refractivity contribution < 1.29 is 4.74 Å². The zero-order valence-electron chi connectivity index (χ0n) is 10.0. The lowest BCUT2D eigenvalue weighted by atomic mass is 10.2. The number of hydrogen-bond donors (Lipinski definition) is 2. The second-order valence-electron chi connectivity index (χ2n) is 4.31. The van der Waals surface area contributed by atoms with Gasteiger partial charge in [-0.05, 0) is 49.3 Å². The van der Waals surface area contributed by atoms with E-state index in [9.17, 15) is 0 Å². The standard InChI is InChI=1S/C13H18N2OS/c1-16-12-8-6-11(7-9-12)15-13(17)14-10-4-2-3-5-10/h6-10H,2-5H2,1H3,(H2,14,15,17). The van der Waals surface area contributed by atoms with E-state index in [1.165, 1.54) is 25.7 Å². The summed E-state index contributed by atoms with van der Waals surface area (Å²) in [7, 11) is 1.66. The first-order chi connectivity index (χ1) is 8.28. The molecule has 2 N–H and O–H groups in total. The summed E-state index contributed by atoms with van der Waals surface area (Å²) in [5.74, 6) is 0.852. The molecule has 0 radical (unpaired) electrons. The van der Waals surface area contributed by atoms with E-state index in [-0.39, 0.29) is 0 Å². The molecule has 1 fully saturated rings. The lowest BCUT2D eigenvalue weighted by Gasteiger charge is -2.15. The number of ether oxygens (including phenoxy) is 1. The van der Waals surface area contributed by atoms with E-state index < -0.39 is 0 Å². The molecular formula is C13H18N2OS. The highest BCUT2D eigenvalue weighted by Gasteiger charge is 2.15. The lowest BCUT2D eigenvalue weighted by molar-refractivity contribution is 0.415. The fourth-order valence-electron chi connectivity index (χ4n) is 2.10. The highest BCUT2D eigenvalue weighted by Crippen LogP contribution is 2.18. The zero-order chi connectivity index (χ0) is 12.1. The second kappa shape index (κ2) is 5.87. The molecule has 0 spiro atoms. The Labute approximate surface area is 108 Å². The van der Waals surface area contributed by atoms with E-state index in [0.717, 1.165) is 11.4 Å². The zero-order valence-corrected chi connectivity index (χ0v) is 10.8. The molecule has 0 heterocycles. The van der Waals surface area contributed by atoms with Gasteiger partial charge in [-0.1, -0.05) is 12.8 Å². The third-order valence-electron chi connectivity index (χ3n) is 3.04. The lowest BCUT2D eigenvalue weighted by Crippen LogP contribution is -2.35. The Kier molecular flexibility index (Phi) is 4.20. The molecule has 1 saturated carbocycles. The Bertz CT molecular complexity index is 372. The van der Waals surface area contributed by atoms with Gasteiger partial charge in [-0.25, -0.2) is 0 Å². The molecule has 0 amide bonds. The molecule has 0 unspecified atom stereocenters. The van der Waals surface area contributed by atoms with Crippen LogP contribution in [0.5, 0.6) is 5.75 Å². The maximum absolute atomic E-state index is 5.28. The number of hydrogen-bond acceptors (Lipinski definition) is 2. The van der Waals surface area contributed by atoms with Gasteiger partial charge >= 0.3 is 0 Å². The fraction of sp³-hybridized carbons (Fsp3) is 0.462. The molecular weight excluding hydrogens is 232 g/mol. The summed E-state index contributed by atoms with van der Waals surface area (Å²) in [6.45, 7) is 0. The van der Waals surface area contributed by atoms with Crippen molar-refractivity contribution in [3.05, 3.63) is 24.3 Å². The van der Waals surface area contributed by atoms with Crippen LogP contribution in [0.2, 0.25) is 0 Å². The minimum Gasteiger partial charge on any atom is -0.497 e. The molecule has 1 aromatic rings. The summed E-state index contributed by atoms with van der Waals surface area (Å²) in [5, 5.41) is 7.24. The molecule has 0 aromatic heterocycles. The number of benzene rings is 1. The summed E-state index contributed by atoms with van der Waals surface area (Å²) >= 11 is 5.28. The van der Waals surface area contributed by atoms with Crippen molar-refractivity contribution in [1.29, 1.82) is 0 Å². The van der Waals surface area contributed by atoms with Gasteiger partial charge in [-0.2, -0.15) is 0 Å². The van der Waals surface area contributed by atoms with Gasteiger partial charge in [0.15, 0.2) is 5.11 Å². The average molecular weight is 250 g/mol. The Morgan fingerprint density at radius 3 is 2.47 bits per heavy atom. The smallest absolute Gasteiger partial charge is 0.170 e. The van der Waals surface area contributed by atoms with Crippen molar-refractivity contribution in [2.75, 3.05) is 12.4 Å². The van der Waals surface area contributed by atoms with Crippen molar-refractivity contribution in [2.45, 2.75) is 31.7 Å². The number of rotatable bonds is 3. The van der Waals surface area contributed by atoms with Crippen molar-refractivity contribution >= 4 is 23.0 Å². The molecule has 0 atom stereocenters. The average Bonchev–Trinajstić information content (AvgIpc) is 2.82. The molecule has 92 valence electrons. The Morgan fingerprint density at radius 1 is 1.24 bits per heavy atom. The Hall–Kier alpha value is -1.29. The first kappa shape index (κ1) is 12.2. The minimum atomic E-state index is 0.549. The van der Waals surface area contributed by atoms with Gasteiger partial charge in [0.2, 0.25) is 0 Å². The molecule has 0 saturated heterocycles. The summed E-state index contributed by atoms with van der Waals surface area (Å²) in [6.07, 6.45) is 5.07. The van der Waals surface area contributed by atoms with Crippen molar-refractivity contribution in [3.8, 4) is 5.75 Å². The van der Waals surface area contributed by atoms with Crippen LogP contribution < -0.4 is 15.4 Å². The molecule has 1 aliphatic rings. The highest BCUT2D eigenvalue weighted by molar-refractivity contribution is 7.80. The third-order valence-corrected chi connectivity index (χ3v) is 3.26. The van der Waals surface area contributed by atoms with Crippen molar-refractivity contribution in [2.24, 2.45) is 0 Å². The number of nitrogens with one attached hydrogen (secondary N) is 2. The maximum atomic E-state index is 5.28. The number of thiocarbonyl (C=S) groups is 1. The van der Waals surface area contributed by atoms with Crippen LogP contribution in [-0.2, 0) is 0 Å². The molecule has 3 nitrogen and oxygen atoms in total. The summed E-state index contributed by atoms with van der Waals surface area (Å²) < 4.78 is 5.11. The fourth-order valence-corrected chi connectivity index (χ4v) is 2.38. The van der Waals surface area contributed by atoms with E-state index in [4.69, 9.17) is 17.0 Å². The molecule has 17 heavy (non-hydrogen) atoms. The molecule has 1 aromatic carbocycles. The van der Waals surface area contributed by atoms with Crippen molar-refractivity contribution in [1.82, 2.24) is 5.32 Å². The van der Waals surface area contributed by atoms with Gasteiger partial charge in [-0.3, -0.25) is 0 Å². The molecule has 1 aliphatic carbocycles. The van der Waals surface area contributed by atoms with E-state index in [1.54, 1.807) is 7.11 Å². The van der Waals surface area contributed by atoms with E-state index in [0.29, 0.717) is 11.2 Å². The van der Waals surface area contributed by atoms with E-state index >= 15 is 0 Å². The predicted molar refractivity (Wildman–Crippen MR) is 74.6 cm³/mol. The van der Waals surface area contributed by atoms with Crippen LogP contribution in [0.15, 0.2) is 24.3 Å². The normalized spacial score (nSPS) is 15.6. The van der Waals surface area contributed by atoms with Crippen LogP contribution in [0.1, 0.15) is 25.7 Å². The van der Waals surface area contributed by atoms with E-state index in [1.807, 2.05) is 24.3 Å². The molecule has 0 aliphatic heterocycles. The van der Waals surface area contributed by atoms with Gasteiger partial charge in [0, 0.05) is 11.7 Å². The van der Waals surface area contributed by atoms with Crippen LogP contribution in [0.3, 0.4) is 0 Å². The van der Waals surface area contributed by atoms with Gasteiger partial charge in [0.25, 0.3) is 0 Å². The SMILES string of the molecule is COc1ccc(NC(=S)NC2CCCC2)cc1. The number of anilines is 1. The largest absolute Gasteiger partial charge is 0.497 e. The monoisotopic (exact) mass is 250 g/mol. The molecule has 0 bridgehead atoms. The number of methoxy groups -OCH3 is 1. The Balaban J connectivity index is 1.84. The van der Waals surface area contributed by atoms with Gasteiger partial charge in [-0.15, -0.1) is 0 Å². The molecule has 2 rings (SSSR count). The quantitative estimate of drug-likeness (QED) is 0.808. The highest BCUT2D eigenvalue weighted by atomic mass is 32.1. The van der Waals surface area contributed by atoms with Crippen LogP contribution >= 0.6 is 12.2 Å². The van der Waals surface area contributed by atoms with Gasteiger partial charge in [0.05, 0.1) is 7.11 Å².